The molecule has 128 heavy (non-hydrogen) atoms. The van der Waals surface area contributed by atoms with E-state index >= 15 is 0 Å². The van der Waals surface area contributed by atoms with E-state index in [1.165, 1.54) is 82.0 Å². The number of carbonyl (C=O) groups excluding carboxylic acids is 2. The molecule has 0 radical (unpaired) electrons. The number of carboxylic acid groups (broad SMARTS) is 2. The number of imide groups is 1. The second-order valence-electron chi connectivity index (χ2n) is 49.2. The Morgan fingerprint density at radius 2 is 0.266 bits per heavy atom. The third kappa shape index (κ3) is 114. The van der Waals surface area contributed by atoms with Gasteiger partial charge in [-0.25, -0.2) is 0 Å². The van der Waals surface area contributed by atoms with Crippen LogP contribution < -0.4 is 39.0 Å². The summed E-state index contributed by atoms with van der Waals surface area (Å²) in [5, 5.41) is 20.1. The van der Waals surface area contributed by atoms with E-state index in [-0.39, 0.29) is 62.2 Å². The van der Waals surface area contributed by atoms with Crippen LogP contribution in [-0.4, -0.2) is 198 Å². The van der Waals surface area contributed by atoms with E-state index in [9.17, 15) is 28.8 Å². The number of hydrogen-bond donors (Lipinski definition) is 0. The van der Waals surface area contributed by atoms with E-state index in [1.54, 1.807) is 0 Å². The Morgan fingerprint density at radius 3 is 0.305 bits per heavy atom. The Bertz CT molecular complexity index is 2180. The van der Waals surface area contributed by atoms with Crippen molar-refractivity contribution < 1.29 is 195 Å². The van der Waals surface area contributed by atoms with Gasteiger partial charge in [0.1, 0.15) is 0 Å². The second-order valence-corrected chi connectivity index (χ2v) is 58.8. The maximum atomic E-state index is 12.6. The summed E-state index contributed by atoms with van der Waals surface area (Å²) in [6.45, 7) is 114. The van der Waals surface area contributed by atoms with Crippen molar-refractivity contribution in [3.05, 3.63) is 5.32 Å². The van der Waals surface area contributed by atoms with E-state index in [4.69, 9.17) is 99.5 Å². The summed E-state index contributed by atoms with van der Waals surface area (Å²) in [6.07, 6.45) is 7.06. The number of unbranched alkanes of at least 4 members (excludes halogenated alkanes) is 4. The van der Waals surface area contributed by atoms with Crippen LogP contribution in [0.3, 0.4) is 0 Å². The SMILES string of the molecule is CC(C)(C)O[Si]([O-])(OC(C)(C)C)OC(C)(C)C.CC(C)(C)O[Si]([O-])(OC(C)(C)C)OC(C)(C)C.CC(C)(C)O[Si]([O-])(OC(C)(C)C)OC(C)(C)C.CC(C)(C)O[Si]([O-])(OC(C)(C)C)OC(C)(C)C.CC(C)(C)O[Si]([O-])(OC(C)(C)C)OC(C)(C)C.CC(C)(C)O[Si]([O-])(OC(C)(C)C)OC(C)(C)C.CCCC[N+](CCCC)(CCCC)CCCC.O=C([O-])[N-]C(=O)[O-].[U+4].[U+4]. The molecule has 0 aliphatic rings. The number of rotatable bonds is 30. The molecule has 0 saturated heterocycles. The molecule has 2 amide bonds. The van der Waals surface area contributed by atoms with Crippen LogP contribution >= 0.6 is 0 Å². The molecule has 30 nitrogen and oxygen atoms in total. The smallest absolute Gasteiger partial charge is 0.793 e. The average Bonchev–Trinajstić information content (AvgIpc) is 0.840. The normalized spacial score (nSPS) is 14.1. The van der Waals surface area contributed by atoms with Gasteiger partial charge in [-0.2, -0.15) is 0 Å². The maximum Gasteiger partial charge on any atom is 4.00 e. The first-order chi connectivity index (χ1) is 54.1. The first-order valence-corrected chi connectivity index (χ1v) is 54.7. The fourth-order valence-corrected chi connectivity index (χ4v) is 24.1. The minimum Gasteiger partial charge on any atom is -0.793 e. The summed E-state index contributed by atoms with van der Waals surface area (Å²) in [5.74, 6) is 0. The molecule has 38 heteroatoms. The van der Waals surface area contributed by atoms with Gasteiger partial charge in [-0.15, -0.1) is 0 Å². The Hall–Kier alpha value is 1.15. The number of carbonyl (C=O) groups is 2. The number of hydrogen-bond acceptors (Lipinski definition) is 28. The molecule has 0 rings (SSSR count). The van der Waals surface area contributed by atoms with Crippen molar-refractivity contribution in [2.75, 3.05) is 26.2 Å². The van der Waals surface area contributed by atoms with Gasteiger partial charge in [0, 0.05) is 0 Å². The Labute approximate surface area is 840 Å². The van der Waals surface area contributed by atoms with Crippen LogP contribution in [0.1, 0.15) is 453 Å². The van der Waals surface area contributed by atoms with E-state index < -0.39 is 167 Å². The summed E-state index contributed by atoms with van der Waals surface area (Å²) in [7, 11) is -23.4. The van der Waals surface area contributed by atoms with Crippen molar-refractivity contribution in [3.8, 4) is 0 Å². The molecule has 0 bridgehead atoms. The Balaban J connectivity index is -0.000000156. The zero-order valence-corrected chi connectivity index (χ0v) is 107. The van der Waals surface area contributed by atoms with Crippen LogP contribution in [-0.2, 0) is 79.7 Å². The van der Waals surface area contributed by atoms with Gasteiger partial charge >= 0.3 is 117 Å². The summed E-state index contributed by atoms with van der Waals surface area (Å²) in [4.78, 5) is 93.9. The average molecular weight is 2400 g/mol. The summed E-state index contributed by atoms with van der Waals surface area (Å²) < 4.78 is 101. The minimum atomic E-state index is -3.91. The summed E-state index contributed by atoms with van der Waals surface area (Å²) >= 11 is 0. The van der Waals surface area contributed by atoms with Gasteiger partial charge in [0.15, 0.2) is 0 Å². The number of quaternary nitrogens is 1. The van der Waals surface area contributed by atoms with Crippen molar-refractivity contribution in [3.63, 3.8) is 0 Å². The van der Waals surface area contributed by atoms with Crippen molar-refractivity contribution in [2.24, 2.45) is 0 Å². The van der Waals surface area contributed by atoms with Crippen LogP contribution in [0.5, 0.6) is 0 Å². The first-order valence-electron chi connectivity index (χ1n) is 44.9. The van der Waals surface area contributed by atoms with Gasteiger partial charge in [0.2, 0.25) is 0 Å². The van der Waals surface area contributed by atoms with Crippen LogP contribution in [0.4, 0.5) is 9.59 Å². The zero-order valence-electron chi connectivity index (χ0n) is 92.8. The van der Waals surface area contributed by atoms with Crippen LogP contribution in [0.25, 0.3) is 5.32 Å². The van der Waals surface area contributed by atoms with Gasteiger partial charge in [0.25, 0.3) is 0 Å². The standard InChI is InChI=1S/C16H36N.6C12H27O4Si.C2H2NO4.2U/c1-5-9-13-17(14-10-6-2,15-11-7-3)16-12-8-4;6*1-10(2,3)14-17(13,15-11(4,5)6)16-12(7,8)9;4-1(5)3-2(6)7;;/h5-16H2,1-4H3;6*1-9H3;(H,4,5)(H,6,7);;/q+1;7*-1;2*+4/p-2. The number of amides is 2. The van der Waals surface area contributed by atoms with E-state index in [1.807, 2.05) is 379 Å². The monoisotopic (exact) mass is 2400 g/mol. The summed E-state index contributed by atoms with van der Waals surface area (Å²) in [5.41, 5.74) is -10.4. The van der Waals surface area contributed by atoms with Gasteiger partial charge in [0.05, 0.1) is 127 Å². The largest absolute Gasteiger partial charge is 4.00 e. The topological polar surface area (TPSA) is 399 Å². The van der Waals surface area contributed by atoms with Gasteiger partial charge in [-0.1, -0.05) is 53.4 Å². The van der Waals surface area contributed by atoms with E-state index in [2.05, 4.69) is 27.7 Å². The molecule has 0 aliphatic carbocycles. The molecule has 0 atom stereocenters. The first kappa shape index (κ1) is 149. The molecule has 0 aromatic heterocycles. The van der Waals surface area contributed by atoms with Gasteiger partial charge < -0.3 is 138 Å². The fraction of sp³-hybridized carbons (Fsp3) is 0.978. The molecule has 0 heterocycles. The molecule has 0 saturated carbocycles. The predicted octanol–water partition coefficient (Wildman–Crippen LogP) is 16.4. The molecule has 0 aromatic carbocycles. The van der Waals surface area contributed by atoms with E-state index in [0.29, 0.717) is 0 Å². The van der Waals surface area contributed by atoms with Crippen molar-refractivity contribution in [2.45, 2.75) is 554 Å². The molecule has 0 unspecified atom stereocenters. The molecular formula is C90H198N2O28Si6U2. The fourth-order valence-electron chi connectivity index (χ4n) is 9.84. The van der Waals surface area contributed by atoms with Gasteiger partial charge in [-0.05, 0) is 412 Å². The Kier molecular flexibility index (Phi) is 68.3. The molecule has 0 aliphatic heterocycles. The van der Waals surface area contributed by atoms with Crippen LogP contribution in [0, 0.1) is 62.2 Å². The van der Waals surface area contributed by atoms with Gasteiger partial charge in [-0.3, -0.25) is 0 Å². The van der Waals surface area contributed by atoms with Crippen molar-refractivity contribution in [1.82, 2.24) is 0 Å². The molecule has 0 aromatic rings. The third-order valence-electron chi connectivity index (χ3n) is 11.9. The summed E-state index contributed by atoms with van der Waals surface area (Å²) in [6, 6.07) is 0. The van der Waals surface area contributed by atoms with Crippen molar-refractivity contribution >= 4 is 66.5 Å². The molecule has 0 N–H and O–H groups in total. The maximum absolute atomic E-state index is 12.6. The molecule has 0 fully saturated rings. The zero-order chi connectivity index (χ0) is 104. The van der Waals surface area contributed by atoms with Crippen molar-refractivity contribution in [1.29, 1.82) is 0 Å². The third-order valence-corrected chi connectivity index (χ3v) is 27.4. The quantitative estimate of drug-likeness (QED) is 0.0476. The predicted molar refractivity (Wildman–Crippen MR) is 503 cm³/mol. The molecular weight excluding hydrogens is 2200 g/mol. The van der Waals surface area contributed by atoms with Crippen LogP contribution in [0.2, 0.25) is 0 Å². The molecule has 0 spiro atoms. The minimum absolute atomic E-state index is 0. The molecule has 768 valence electrons. The van der Waals surface area contributed by atoms with Crippen LogP contribution in [0.15, 0.2) is 0 Å². The van der Waals surface area contributed by atoms with E-state index in [0.717, 1.165) is 0 Å². The second kappa shape index (κ2) is 58.5. The Morgan fingerprint density at radius 1 is 0.195 bits per heavy atom. The number of nitrogens with zero attached hydrogens (tertiary/aromatic N) is 2.